The van der Waals surface area contributed by atoms with Crippen LogP contribution in [0.5, 0.6) is 0 Å². The molecule has 108 valence electrons. The summed E-state index contributed by atoms with van der Waals surface area (Å²) in [4.78, 5) is 0. The molecule has 0 amide bonds. The maximum Gasteiger partial charge on any atom is 0.118 e. The predicted molar refractivity (Wildman–Crippen MR) is 84.1 cm³/mol. The van der Waals surface area contributed by atoms with E-state index in [1.54, 1.807) is 6.20 Å². The van der Waals surface area contributed by atoms with Crippen molar-refractivity contribution in [2.75, 3.05) is 5.73 Å². The molecular formula is C15H16ClN5. The highest BCUT2D eigenvalue weighted by molar-refractivity contribution is 6.30. The van der Waals surface area contributed by atoms with Crippen LogP contribution in [-0.4, -0.2) is 19.6 Å². The molecule has 0 unspecified atom stereocenters. The van der Waals surface area contributed by atoms with Crippen LogP contribution in [0.3, 0.4) is 0 Å². The Hall–Kier alpha value is -2.27. The Bertz CT molecular complexity index is 742. The van der Waals surface area contributed by atoms with E-state index in [9.17, 15) is 0 Å². The van der Waals surface area contributed by atoms with Crippen molar-refractivity contribution in [1.82, 2.24) is 19.6 Å². The molecule has 0 aliphatic carbocycles. The summed E-state index contributed by atoms with van der Waals surface area (Å²) in [5.41, 5.74) is 9.54. The van der Waals surface area contributed by atoms with Crippen molar-refractivity contribution >= 4 is 17.3 Å². The van der Waals surface area contributed by atoms with Gasteiger partial charge in [-0.1, -0.05) is 23.7 Å². The van der Waals surface area contributed by atoms with Crippen LogP contribution in [0.25, 0.3) is 11.3 Å². The number of benzene rings is 1. The zero-order valence-corrected chi connectivity index (χ0v) is 12.5. The molecule has 1 aromatic carbocycles. The molecule has 0 fully saturated rings. The molecule has 0 spiro atoms. The van der Waals surface area contributed by atoms with Gasteiger partial charge in [-0.05, 0) is 24.6 Å². The standard InChI is InChI=1S/C15H16ClN5/c1-2-20-9-12(7-18-20)15-14(17)10-21(19-15)8-11-3-5-13(16)6-4-11/h3-7,9-10H,2,8,17H2,1H3. The summed E-state index contributed by atoms with van der Waals surface area (Å²) in [5.74, 6) is 0. The van der Waals surface area contributed by atoms with Crippen molar-refractivity contribution in [1.29, 1.82) is 0 Å². The van der Waals surface area contributed by atoms with Gasteiger partial charge >= 0.3 is 0 Å². The maximum atomic E-state index is 6.06. The maximum absolute atomic E-state index is 6.06. The number of aryl methyl sites for hydroxylation is 1. The van der Waals surface area contributed by atoms with E-state index >= 15 is 0 Å². The molecule has 2 aromatic heterocycles. The Labute approximate surface area is 127 Å². The molecule has 0 aliphatic rings. The number of nitrogen functional groups attached to an aromatic ring is 1. The van der Waals surface area contributed by atoms with Crippen molar-refractivity contribution in [2.24, 2.45) is 0 Å². The normalized spacial score (nSPS) is 11.0. The second kappa shape index (κ2) is 5.61. The molecule has 21 heavy (non-hydrogen) atoms. The third-order valence-corrected chi connectivity index (χ3v) is 3.53. The smallest absolute Gasteiger partial charge is 0.118 e. The van der Waals surface area contributed by atoms with Crippen molar-refractivity contribution in [3.05, 3.63) is 53.4 Å². The minimum atomic E-state index is 0.652. The van der Waals surface area contributed by atoms with E-state index in [0.29, 0.717) is 12.2 Å². The van der Waals surface area contributed by atoms with Gasteiger partial charge in [0, 0.05) is 29.5 Å². The second-order valence-electron chi connectivity index (χ2n) is 4.84. The van der Waals surface area contributed by atoms with Gasteiger partial charge in [0.15, 0.2) is 0 Å². The Balaban J connectivity index is 1.85. The topological polar surface area (TPSA) is 61.7 Å². The molecular weight excluding hydrogens is 286 g/mol. The van der Waals surface area contributed by atoms with Crippen LogP contribution in [0.1, 0.15) is 12.5 Å². The molecule has 0 bridgehead atoms. The fraction of sp³-hybridized carbons (Fsp3) is 0.200. The zero-order chi connectivity index (χ0) is 14.8. The average Bonchev–Trinajstić information content (AvgIpc) is 3.08. The highest BCUT2D eigenvalue weighted by Crippen LogP contribution is 2.23. The van der Waals surface area contributed by atoms with Crippen LogP contribution in [0.2, 0.25) is 5.02 Å². The van der Waals surface area contributed by atoms with Gasteiger partial charge in [0.1, 0.15) is 5.69 Å². The van der Waals surface area contributed by atoms with Crippen molar-refractivity contribution < 1.29 is 0 Å². The third-order valence-electron chi connectivity index (χ3n) is 3.28. The summed E-state index contributed by atoms with van der Waals surface area (Å²) in [6.45, 7) is 3.52. The van der Waals surface area contributed by atoms with Crippen molar-refractivity contribution in [3.8, 4) is 11.3 Å². The molecule has 6 heteroatoms. The molecule has 2 N–H and O–H groups in total. The van der Waals surface area contributed by atoms with Gasteiger partial charge in [-0.15, -0.1) is 0 Å². The van der Waals surface area contributed by atoms with Gasteiger partial charge < -0.3 is 5.73 Å². The molecule has 0 aliphatic heterocycles. The fourth-order valence-electron chi connectivity index (χ4n) is 2.18. The van der Waals surface area contributed by atoms with Crippen molar-refractivity contribution in [2.45, 2.75) is 20.0 Å². The van der Waals surface area contributed by atoms with Crippen LogP contribution in [0, 0.1) is 0 Å². The molecule has 0 atom stereocenters. The first-order valence-corrected chi connectivity index (χ1v) is 7.13. The van der Waals surface area contributed by atoms with Crippen LogP contribution in [0.15, 0.2) is 42.9 Å². The third kappa shape index (κ3) is 2.92. The molecule has 5 nitrogen and oxygen atoms in total. The van der Waals surface area contributed by atoms with Crippen LogP contribution in [-0.2, 0) is 13.1 Å². The fourth-order valence-corrected chi connectivity index (χ4v) is 2.30. The van der Waals surface area contributed by atoms with Gasteiger partial charge in [-0.2, -0.15) is 10.2 Å². The lowest BCUT2D eigenvalue weighted by Crippen LogP contribution is -2.00. The molecule has 3 rings (SSSR count). The van der Waals surface area contributed by atoms with E-state index in [0.717, 1.165) is 28.4 Å². The van der Waals surface area contributed by atoms with E-state index in [1.165, 1.54) is 0 Å². The summed E-state index contributed by atoms with van der Waals surface area (Å²) >= 11 is 5.89. The SMILES string of the molecule is CCn1cc(-c2nn(Cc3ccc(Cl)cc3)cc2N)cn1. The largest absolute Gasteiger partial charge is 0.396 e. The van der Waals surface area contributed by atoms with Gasteiger partial charge in [-0.3, -0.25) is 9.36 Å². The summed E-state index contributed by atoms with van der Waals surface area (Å²) in [7, 11) is 0. The Kier molecular flexibility index (Phi) is 3.66. The van der Waals surface area contributed by atoms with E-state index in [-0.39, 0.29) is 0 Å². The summed E-state index contributed by atoms with van der Waals surface area (Å²) in [6.07, 6.45) is 5.58. The highest BCUT2D eigenvalue weighted by Gasteiger charge is 2.11. The number of hydrogen-bond donors (Lipinski definition) is 1. The highest BCUT2D eigenvalue weighted by atomic mass is 35.5. The van der Waals surface area contributed by atoms with Gasteiger partial charge in [-0.25, -0.2) is 0 Å². The van der Waals surface area contributed by atoms with E-state index < -0.39 is 0 Å². The van der Waals surface area contributed by atoms with E-state index in [2.05, 4.69) is 10.2 Å². The number of hydrogen-bond acceptors (Lipinski definition) is 3. The number of anilines is 1. The number of nitrogens with zero attached hydrogens (tertiary/aromatic N) is 4. The Morgan fingerprint density at radius 1 is 1.14 bits per heavy atom. The first kappa shape index (κ1) is 13.7. The zero-order valence-electron chi connectivity index (χ0n) is 11.7. The number of aromatic nitrogens is 4. The lowest BCUT2D eigenvalue weighted by atomic mass is 10.2. The van der Waals surface area contributed by atoms with Crippen molar-refractivity contribution in [3.63, 3.8) is 0 Å². The molecule has 2 heterocycles. The monoisotopic (exact) mass is 301 g/mol. The number of halogens is 1. The Morgan fingerprint density at radius 3 is 2.57 bits per heavy atom. The molecule has 0 saturated carbocycles. The van der Waals surface area contributed by atoms with Crippen LogP contribution < -0.4 is 5.73 Å². The van der Waals surface area contributed by atoms with Gasteiger partial charge in [0.2, 0.25) is 0 Å². The lowest BCUT2D eigenvalue weighted by Gasteiger charge is -2.01. The summed E-state index contributed by atoms with van der Waals surface area (Å²) in [6, 6.07) is 7.70. The molecule has 3 aromatic rings. The van der Waals surface area contributed by atoms with E-state index in [4.69, 9.17) is 17.3 Å². The van der Waals surface area contributed by atoms with Crippen LogP contribution in [0.4, 0.5) is 5.69 Å². The Morgan fingerprint density at radius 2 is 1.90 bits per heavy atom. The van der Waals surface area contributed by atoms with Crippen LogP contribution >= 0.6 is 11.6 Å². The van der Waals surface area contributed by atoms with E-state index in [1.807, 2.05) is 52.9 Å². The first-order valence-electron chi connectivity index (χ1n) is 6.76. The molecule has 0 saturated heterocycles. The number of nitrogens with two attached hydrogens (primary N) is 1. The quantitative estimate of drug-likeness (QED) is 0.805. The number of rotatable bonds is 4. The van der Waals surface area contributed by atoms with Gasteiger partial charge in [0.05, 0.1) is 18.4 Å². The second-order valence-corrected chi connectivity index (χ2v) is 5.28. The predicted octanol–water partition coefficient (Wildman–Crippen LogP) is 3.05. The summed E-state index contributed by atoms with van der Waals surface area (Å²) in [5, 5.41) is 9.53. The first-order chi connectivity index (χ1) is 10.2. The lowest BCUT2D eigenvalue weighted by molar-refractivity contribution is 0.660. The molecule has 0 radical (unpaired) electrons. The minimum Gasteiger partial charge on any atom is -0.396 e. The summed E-state index contributed by atoms with van der Waals surface area (Å²) < 4.78 is 3.68. The average molecular weight is 302 g/mol. The van der Waals surface area contributed by atoms with Gasteiger partial charge in [0.25, 0.3) is 0 Å². The minimum absolute atomic E-state index is 0.652.